The summed E-state index contributed by atoms with van der Waals surface area (Å²) in [6.45, 7) is 3.51. The number of benzene rings is 1. The van der Waals surface area contributed by atoms with Crippen molar-refractivity contribution >= 4 is 23.1 Å². The molecule has 0 amide bonds. The van der Waals surface area contributed by atoms with E-state index < -0.39 is 11.6 Å². The van der Waals surface area contributed by atoms with Crippen LogP contribution in [0.2, 0.25) is 0 Å². The van der Waals surface area contributed by atoms with Gasteiger partial charge in [0, 0.05) is 5.75 Å². The zero-order valence-electron chi connectivity index (χ0n) is 7.40. The molecule has 72 valence electrons. The Morgan fingerprint density at radius 3 is 2.71 bits per heavy atom. The van der Waals surface area contributed by atoms with Crippen molar-refractivity contribution in [1.82, 2.24) is 0 Å². The second kappa shape index (κ2) is 8.20. The van der Waals surface area contributed by atoms with Gasteiger partial charge in [-0.05, 0) is 0 Å². The van der Waals surface area contributed by atoms with Gasteiger partial charge in [-0.1, -0.05) is 12.7 Å². The number of hydrogen-bond donors (Lipinski definition) is 0. The van der Waals surface area contributed by atoms with Crippen LogP contribution in [-0.4, -0.2) is 29.7 Å². The van der Waals surface area contributed by atoms with Gasteiger partial charge in [-0.25, -0.2) is 4.39 Å². The average molecular weight is 273 g/mol. The quantitative estimate of drug-likeness (QED) is 0.388. The van der Waals surface area contributed by atoms with Gasteiger partial charge in [-0.2, -0.15) is 6.07 Å². The van der Waals surface area contributed by atoms with Crippen molar-refractivity contribution in [3.05, 3.63) is 42.5 Å². The minimum Gasteiger partial charge on any atom is -1.00 e. The number of rotatable bonds is 3. The van der Waals surface area contributed by atoms with E-state index in [4.69, 9.17) is 4.74 Å². The van der Waals surface area contributed by atoms with E-state index in [0.717, 1.165) is 6.07 Å². The second-order valence-electron chi connectivity index (χ2n) is 2.07. The van der Waals surface area contributed by atoms with Gasteiger partial charge in [0.2, 0.25) is 0 Å². The summed E-state index contributed by atoms with van der Waals surface area (Å²) in [5.41, 5.74) is 0. The molecule has 1 rings (SSSR count). The monoisotopic (exact) mass is 272 g/mol. The average Bonchev–Trinajstić information content (AvgIpc) is 2.08. The topological polar surface area (TPSA) is 9.23 Å². The van der Waals surface area contributed by atoms with Gasteiger partial charge < -0.3 is 21.7 Å². The maximum absolute atomic E-state index is 12.8. The molecular formula is C9H7BrF2MgO. The second-order valence-corrected chi connectivity index (χ2v) is 2.07. The van der Waals surface area contributed by atoms with E-state index >= 15 is 0 Å². The molecule has 0 radical (unpaired) electrons. The summed E-state index contributed by atoms with van der Waals surface area (Å²) in [5, 5.41) is 0. The van der Waals surface area contributed by atoms with Crippen molar-refractivity contribution in [3.8, 4) is 5.75 Å². The van der Waals surface area contributed by atoms with Crippen molar-refractivity contribution in [2.24, 2.45) is 0 Å². The van der Waals surface area contributed by atoms with Crippen molar-refractivity contribution in [1.29, 1.82) is 0 Å². The minimum absolute atomic E-state index is 0. The Morgan fingerprint density at radius 1 is 1.50 bits per heavy atom. The summed E-state index contributed by atoms with van der Waals surface area (Å²) in [4.78, 5) is 0. The molecule has 0 aliphatic rings. The molecule has 0 spiro atoms. The Kier molecular flexibility index (Phi) is 9.55. The van der Waals surface area contributed by atoms with Crippen LogP contribution in [0.1, 0.15) is 0 Å². The van der Waals surface area contributed by atoms with E-state index in [0.29, 0.717) is 0 Å². The third-order valence-corrected chi connectivity index (χ3v) is 1.20. The molecule has 0 saturated carbocycles. The molecular weight excluding hydrogens is 266 g/mol. The predicted octanol–water partition coefficient (Wildman–Crippen LogP) is -1.05. The molecule has 1 nitrogen and oxygen atoms in total. The van der Waals surface area contributed by atoms with Crippen LogP contribution in [0.5, 0.6) is 5.75 Å². The molecule has 1 aromatic rings. The SMILES string of the molecule is C=CCOc1[c-]ccc(F)c1F.[Br-].[Mg+2]. The van der Waals surface area contributed by atoms with Gasteiger partial charge in [-0.15, -0.1) is 12.1 Å². The normalized spacial score (nSPS) is 8.14. The molecule has 14 heavy (non-hydrogen) atoms. The van der Waals surface area contributed by atoms with Gasteiger partial charge in [0.15, 0.2) is 0 Å². The van der Waals surface area contributed by atoms with Crippen LogP contribution in [-0.2, 0) is 0 Å². The summed E-state index contributed by atoms with van der Waals surface area (Å²) in [6, 6.07) is 4.67. The Bertz CT molecular complexity index is 294. The van der Waals surface area contributed by atoms with Crippen molar-refractivity contribution in [2.75, 3.05) is 6.61 Å². The van der Waals surface area contributed by atoms with E-state index in [2.05, 4.69) is 12.6 Å². The van der Waals surface area contributed by atoms with Crippen LogP contribution < -0.4 is 21.7 Å². The summed E-state index contributed by atoms with van der Waals surface area (Å²) in [5.74, 6) is -2.16. The fraction of sp³-hybridized carbons (Fsp3) is 0.111. The Morgan fingerprint density at radius 2 is 2.14 bits per heavy atom. The van der Waals surface area contributed by atoms with Crippen molar-refractivity contribution in [3.63, 3.8) is 0 Å². The van der Waals surface area contributed by atoms with Crippen LogP contribution >= 0.6 is 0 Å². The zero-order chi connectivity index (χ0) is 8.97. The molecule has 5 heteroatoms. The standard InChI is InChI=1S/C9H7F2O.BrH.Mg/c1-2-6-12-8-5-3-4-7(10)9(8)11;;/h2-4H,1,6H2;1H;/q-1;;+2/p-1. The molecule has 0 atom stereocenters. The van der Waals surface area contributed by atoms with Crippen molar-refractivity contribution < 1.29 is 30.5 Å². The van der Waals surface area contributed by atoms with Gasteiger partial charge in [0.25, 0.3) is 0 Å². The van der Waals surface area contributed by atoms with Gasteiger partial charge >= 0.3 is 23.1 Å². The fourth-order valence-corrected chi connectivity index (χ4v) is 0.683. The van der Waals surface area contributed by atoms with Crippen LogP contribution in [0.3, 0.4) is 0 Å². The summed E-state index contributed by atoms with van der Waals surface area (Å²) < 4.78 is 30.0. The third kappa shape index (κ3) is 4.39. The third-order valence-electron chi connectivity index (χ3n) is 1.20. The van der Waals surface area contributed by atoms with Gasteiger partial charge in [-0.3, -0.25) is 4.39 Å². The molecule has 1 aromatic carbocycles. The Labute approximate surface area is 108 Å². The van der Waals surface area contributed by atoms with Gasteiger partial charge in [0.1, 0.15) is 6.61 Å². The fourth-order valence-electron chi connectivity index (χ4n) is 0.683. The molecule has 0 heterocycles. The van der Waals surface area contributed by atoms with E-state index in [1.54, 1.807) is 0 Å². The summed E-state index contributed by atoms with van der Waals surface area (Å²) in [7, 11) is 0. The number of hydrogen-bond acceptors (Lipinski definition) is 1. The molecule has 0 aliphatic heterocycles. The first-order valence-corrected chi connectivity index (χ1v) is 3.35. The van der Waals surface area contributed by atoms with Crippen molar-refractivity contribution in [2.45, 2.75) is 0 Å². The van der Waals surface area contributed by atoms with E-state index in [1.807, 2.05) is 0 Å². The Balaban J connectivity index is 0. The van der Waals surface area contributed by atoms with Crippen LogP contribution in [0.25, 0.3) is 0 Å². The molecule has 0 bridgehead atoms. The molecule has 0 aromatic heterocycles. The van der Waals surface area contributed by atoms with E-state index in [-0.39, 0.29) is 52.4 Å². The molecule has 0 N–H and O–H groups in total. The zero-order valence-corrected chi connectivity index (χ0v) is 10.4. The Hall–Kier alpha value is -0.134. The molecule has 0 unspecified atom stereocenters. The minimum atomic E-state index is -1.01. The van der Waals surface area contributed by atoms with E-state index in [1.165, 1.54) is 12.1 Å². The molecule has 0 saturated heterocycles. The molecule has 0 aliphatic carbocycles. The summed E-state index contributed by atoms with van der Waals surface area (Å²) >= 11 is 0. The largest absolute Gasteiger partial charge is 2.00 e. The predicted molar refractivity (Wildman–Crippen MR) is 46.6 cm³/mol. The molecule has 0 fully saturated rings. The first-order valence-electron chi connectivity index (χ1n) is 3.35. The van der Waals surface area contributed by atoms with Gasteiger partial charge in [0.05, 0.1) is 11.6 Å². The number of halogens is 3. The number of ether oxygens (including phenoxy) is 1. The van der Waals surface area contributed by atoms with E-state index in [9.17, 15) is 8.78 Å². The smallest absolute Gasteiger partial charge is 1.00 e. The first-order chi connectivity index (χ1) is 5.75. The van der Waals surface area contributed by atoms with Crippen LogP contribution in [0, 0.1) is 17.7 Å². The maximum Gasteiger partial charge on any atom is 2.00 e. The maximum atomic E-state index is 12.8. The van der Waals surface area contributed by atoms with Crippen LogP contribution in [0.15, 0.2) is 24.8 Å². The summed E-state index contributed by atoms with van der Waals surface area (Å²) in [6.07, 6.45) is 1.44. The van der Waals surface area contributed by atoms with Crippen LogP contribution in [0.4, 0.5) is 8.78 Å². The first kappa shape index (κ1) is 16.3.